The summed E-state index contributed by atoms with van der Waals surface area (Å²) in [5, 5.41) is 11.8. The minimum absolute atomic E-state index is 0.144. The number of carboxylic acids is 1. The number of nitrogens with zero attached hydrogens (tertiary/aromatic N) is 1. The van der Waals surface area contributed by atoms with Crippen LogP contribution >= 0.6 is 0 Å². The Morgan fingerprint density at radius 3 is 1.02 bits per heavy atom. The van der Waals surface area contributed by atoms with Crippen LogP contribution in [0.25, 0.3) is 0 Å². The Hall–Kier alpha value is -3.53. The molecule has 0 bridgehead atoms. The van der Waals surface area contributed by atoms with Crippen molar-refractivity contribution in [1.82, 2.24) is 0 Å². The molecule has 9 heteroatoms. The number of ether oxygens (including phenoxy) is 4. The number of esters is 2. The van der Waals surface area contributed by atoms with E-state index in [1.54, 1.807) is 0 Å². The summed E-state index contributed by atoms with van der Waals surface area (Å²) in [5.74, 6) is -2.29. The lowest BCUT2D eigenvalue weighted by molar-refractivity contribution is -0.870. The van der Waals surface area contributed by atoms with Crippen LogP contribution in [-0.4, -0.2) is 82.3 Å². The summed E-state index contributed by atoms with van der Waals surface area (Å²) < 4.78 is 22.8. The first-order valence-corrected chi connectivity index (χ1v) is 34.7. The second-order valence-electron chi connectivity index (χ2n) is 24.4. The molecule has 2 unspecified atom stereocenters. The second kappa shape index (κ2) is 64.5. The Balaban J connectivity index is 4.05. The Bertz CT molecular complexity index is 1640. The molecule has 83 heavy (non-hydrogen) atoms. The molecule has 0 spiro atoms. The predicted octanol–water partition coefficient (Wildman–Crippen LogP) is 20.1. The van der Waals surface area contributed by atoms with Crippen LogP contribution in [0.3, 0.4) is 0 Å². The summed E-state index contributed by atoms with van der Waals surface area (Å²) in [4.78, 5) is 37.4. The number of likely N-dealkylation sites (N-methyl/N-ethyl adjacent to an activating group) is 1. The number of carbonyl (C=O) groups is 3. The molecule has 0 radical (unpaired) electrons. The van der Waals surface area contributed by atoms with Gasteiger partial charge in [-0.3, -0.25) is 9.59 Å². The molecule has 0 N–H and O–H groups in total. The van der Waals surface area contributed by atoms with Crippen molar-refractivity contribution in [3.63, 3.8) is 0 Å². The molecule has 0 aromatic rings. The highest BCUT2D eigenvalue weighted by molar-refractivity contribution is 5.70. The summed E-state index contributed by atoms with van der Waals surface area (Å²) in [6.07, 6.45) is 83.9. The van der Waals surface area contributed by atoms with Gasteiger partial charge in [0.05, 0.1) is 40.3 Å². The number of allylic oxidation sites excluding steroid dienone is 14. The van der Waals surface area contributed by atoms with Gasteiger partial charge < -0.3 is 33.3 Å². The summed E-state index contributed by atoms with van der Waals surface area (Å²) in [6, 6.07) is 0. The van der Waals surface area contributed by atoms with E-state index in [1.807, 2.05) is 21.1 Å². The highest BCUT2D eigenvalue weighted by Crippen LogP contribution is 2.18. The predicted molar refractivity (Wildman–Crippen MR) is 352 cm³/mol. The van der Waals surface area contributed by atoms with E-state index in [9.17, 15) is 19.5 Å². The second-order valence-corrected chi connectivity index (χ2v) is 24.4. The van der Waals surface area contributed by atoms with Crippen molar-refractivity contribution in [2.75, 3.05) is 47.5 Å². The van der Waals surface area contributed by atoms with E-state index in [1.165, 1.54) is 193 Å². The molecule has 0 saturated carbocycles. The van der Waals surface area contributed by atoms with Crippen molar-refractivity contribution >= 4 is 17.9 Å². The average molecular weight is 1160 g/mol. The Labute approximate surface area is 512 Å². The monoisotopic (exact) mass is 1160 g/mol. The van der Waals surface area contributed by atoms with E-state index >= 15 is 0 Å². The molecule has 0 aliphatic rings. The molecular weight excluding hydrogens is 1030 g/mol. The van der Waals surface area contributed by atoms with Crippen molar-refractivity contribution < 1.29 is 42.9 Å². The Morgan fingerprint density at radius 2 is 0.687 bits per heavy atom. The fraction of sp³-hybridized carbons (Fsp3) is 0.770. The molecule has 9 nitrogen and oxygen atoms in total. The summed E-state index contributed by atoms with van der Waals surface area (Å²) >= 11 is 0. The fourth-order valence-electron chi connectivity index (χ4n) is 9.83. The third-order valence-corrected chi connectivity index (χ3v) is 15.1. The van der Waals surface area contributed by atoms with Crippen molar-refractivity contribution in [1.29, 1.82) is 0 Å². The van der Waals surface area contributed by atoms with Gasteiger partial charge in [-0.05, 0) is 89.9 Å². The van der Waals surface area contributed by atoms with E-state index in [0.29, 0.717) is 17.4 Å². The summed E-state index contributed by atoms with van der Waals surface area (Å²) in [5.41, 5.74) is 0. The first kappa shape index (κ1) is 79.5. The van der Waals surface area contributed by atoms with Crippen LogP contribution in [0.5, 0.6) is 0 Å². The third-order valence-electron chi connectivity index (χ3n) is 15.1. The van der Waals surface area contributed by atoms with Gasteiger partial charge in [-0.15, -0.1) is 0 Å². The Morgan fingerprint density at radius 1 is 0.373 bits per heavy atom. The molecule has 0 saturated heterocycles. The van der Waals surface area contributed by atoms with E-state index in [-0.39, 0.29) is 38.6 Å². The van der Waals surface area contributed by atoms with Crippen LogP contribution in [0.4, 0.5) is 0 Å². The van der Waals surface area contributed by atoms with Crippen LogP contribution in [0.1, 0.15) is 309 Å². The molecule has 0 heterocycles. The van der Waals surface area contributed by atoms with Gasteiger partial charge >= 0.3 is 11.9 Å². The van der Waals surface area contributed by atoms with Gasteiger partial charge in [0, 0.05) is 12.8 Å². The zero-order valence-corrected chi connectivity index (χ0v) is 54.8. The standard InChI is InChI=1S/C74H131NO8/c1-6-8-10-12-14-16-18-20-22-24-26-28-29-30-31-32-33-34-35-36-37-38-39-40-41-42-43-45-47-49-51-53-55-57-59-61-63-65-72(77)83-70(69-82-74(73(78)79)80-67-66-75(3,4)5)68-81-71(76)64-62-60-58-56-54-52-50-48-46-44-27-25-23-21-19-17-15-13-11-9-7-2/h8,10,14,16,19-22,25-28,46,48,70,74H,6-7,9,11-13,15,17-18,23-24,29-45,47,49-69H2,1-5H3/b10-8-,16-14-,21-19-,22-20-,27-25-,28-26-,48-46-. The topological polar surface area (TPSA) is 111 Å². The van der Waals surface area contributed by atoms with E-state index in [4.69, 9.17) is 18.9 Å². The van der Waals surface area contributed by atoms with E-state index in [2.05, 4.69) is 98.9 Å². The van der Waals surface area contributed by atoms with Crippen molar-refractivity contribution in [2.45, 2.75) is 322 Å². The molecule has 0 rings (SSSR count). The van der Waals surface area contributed by atoms with E-state index in [0.717, 1.165) is 83.5 Å². The average Bonchev–Trinajstić information content (AvgIpc) is 3.46. The summed E-state index contributed by atoms with van der Waals surface area (Å²) in [6.45, 7) is 4.64. The van der Waals surface area contributed by atoms with Crippen LogP contribution in [0.2, 0.25) is 0 Å². The third kappa shape index (κ3) is 65.9. The number of unbranched alkanes of at least 4 members (excludes halogenated alkanes) is 35. The van der Waals surface area contributed by atoms with Gasteiger partial charge in [0.2, 0.25) is 0 Å². The van der Waals surface area contributed by atoms with Crippen LogP contribution < -0.4 is 5.11 Å². The van der Waals surface area contributed by atoms with Gasteiger partial charge in [-0.1, -0.05) is 292 Å². The van der Waals surface area contributed by atoms with Crippen LogP contribution in [0, 0.1) is 0 Å². The van der Waals surface area contributed by atoms with Crippen molar-refractivity contribution in [3.05, 3.63) is 85.1 Å². The quantitative estimate of drug-likeness (QED) is 0.0195. The lowest BCUT2D eigenvalue weighted by Gasteiger charge is -2.26. The molecule has 0 aromatic carbocycles. The lowest BCUT2D eigenvalue weighted by Crippen LogP contribution is -2.44. The molecule has 2 atom stereocenters. The molecule has 0 aromatic heterocycles. The maximum atomic E-state index is 12.9. The van der Waals surface area contributed by atoms with Crippen LogP contribution in [0.15, 0.2) is 85.1 Å². The van der Waals surface area contributed by atoms with Gasteiger partial charge in [-0.2, -0.15) is 0 Å². The Kier molecular flexibility index (Phi) is 61.7. The zero-order chi connectivity index (χ0) is 60.5. The molecule has 480 valence electrons. The summed E-state index contributed by atoms with van der Waals surface area (Å²) in [7, 11) is 5.93. The minimum atomic E-state index is -1.63. The number of carbonyl (C=O) groups excluding carboxylic acids is 3. The lowest BCUT2D eigenvalue weighted by atomic mass is 10.0. The smallest absolute Gasteiger partial charge is 0.306 e. The molecule has 0 aliphatic carbocycles. The van der Waals surface area contributed by atoms with Gasteiger partial charge in [0.15, 0.2) is 12.4 Å². The maximum Gasteiger partial charge on any atom is 0.306 e. The van der Waals surface area contributed by atoms with Gasteiger partial charge in [0.1, 0.15) is 13.2 Å². The minimum Gasteiger partial charge on any atom is -0.545 e. The SMILES string of the molecule is CC/C=C\C/C=C\C/C=C\C/C=C\CCCCCCCCCCCCCCCCCCCCCCCCCCC(=O)OC(COC(=O)CCCCCCCC/C=C\C/C=C\C/C=C\CCCCCCC)COC(OCC[N+](C)(C)C)C(=O)[O-]. The first-order valence-electron chi connectivity index (χ1n) is 34.7. The van der Waals surface area contributed by atoms with Crippen molar-refractivity contribution in [2.24, 2.45) is 0 Å². The highest BCUT2D eigenvalue weighted by Gasteiger charge is 2.22. The first-order chi connectivity index (χ1) is 40.6. The maximum absolute atomic E-state index is 12.9. The number of quaternary nitrogens is 1. The number of hydrogen-bond donors (Lipinski definition) is 0. The normalized spacial score (nSPS) is 13.2. The molecule has 0 fully saturated rings. The highest BCUT2D eigenvalue weighted by atomic mass is 16.7. The zero-order valence-electron chi connectivity index (χ0n) is 54.8. The van der Waals surface area contributed by atoms with E-state index < -0.39 is 24.3 Å². The van der Waals surface area contributed by atoms with Gasteiger partial charge in [0.25, 0.3) is 0 Å². The van der Waals surface area contributed by atoms with Crippen molar-refractivity contribution in [3.8, 4) is 0 Å². The molecule has 0 amide bonds. The largest absolute Gasteiger partial charge is 0.545 e. The number of carboxylic acid groups (broad SMARTS) is 1. The van der Waals surface area contributed by atoms with Crippen LogP contribution in [-0.2, 0) is 33.3 Å². The van der Waals surface area contributed by atoms with Gasteiger partial charge in [-0.25, -0.2) is 0 Å². The fourth-order valence-corrected chi connectivity index (χ4v) is 9.83. The number of aliphatic carboxylic acids is 1. The molecular formula is C74H131NO8. The number of rotatable bonds is 64. The number of hydrogen-bond acceptors (Lipinski definition) is 8. The molecule has 0 aliphatic heterocycles.